The van der Waals surface area contributed by atoms with Crippen LogP contribution in [-0.4, -0.2) is 59.4 Å². The molecule has 0 spiro atoms. The minimum Gasteiger partial charge on any atom is -0.368 e. The fourth-order valence-corrected chi connectivity index (χ4v) is 4.88. The summed E-state index contributed by atoms with van der Waals surface area (Å²) < 4.78 is 0. The summed E-state index contributed by atoms with van der Waals surface area (Å²) >= 11 is 1.66. The number of nitrogens with two attached hydrogens (primary N) is 1. The molecule has 0 radical (unpaired) electrons. The molecule has 4 N–H and O–H groups in total. The highest BCUT2D eigenvalue weighted by Crippen LogP contribution is 2.45. The molecule has 22 heavy (non-hydrogen) atoms. The first-order valence-electron chi connectivity index (χ1n) is 7.45. The molecule has 0 aromatic heterocycles. The maximum atomic E-state index is 12.8. The van der Waals surface area contributed by atoms with E-state index in [2.05, 4.69) is 10.6 Å². The predicted octanol–water partition coefficient (Wildman–Crippen LogP) is -0.734. The molecular formula is C14H24N4O3S. The lowest BCUT2D eigenvalue weighted by Crippen LogP contribution is -2.56. The maximum Gasteiger partial charge on any atom is 0.246 e. The summed E-state index contributed by atoms with van der Waals surface area (Å²) in [5.41, 5.74) is 5.20. The predicted molar refractivity (Wildman–Crippen MR) is 84.9 cm³/mol. The van der Waals surface area contributed by atoms with Gasteiger partial charge < -0.3 is 21.3 Å². The van der Waals surface area contributed by atoms with Gasteiger partial charge in [0, 0.05) is 0 Å². The second-order valence-electron chi connectivity index (χ2n) is 6.51. The molecule has 2 heterocycles. The van der Waals surface area contributed by atoms with E-state index in [0.717, 1.165) is 12.2 Å². The number of likely N-dealkylation sites (N-methyl/N-ethyl adjacent to an activating group) is 1. The van der Waals surface area contributed by atoms with Crippen molar-refractivity contribution >= 4 is 29.5 Å². The van der Waals surface area contributed by atoms with Gasteiger partial charge in [0.1, 0.15) is 12.1 Å². The lowest BCUT2D eigenvalue weighted by molar-refractivity contribution is -0.142. The Morgan fingerprint density at radius 1 is 1.45 bits per heavy atom. The molecule has 2 saturated heterocycles. The number of hydrogen-bond donors (Lipinski definition) is 3. The number of amides is 3. The monoisotopic (exact) mass is 328 g/mol. The minimum absolute atomic E-state index is 0.0498. The van der Waals surface area contributed by atoms with Crippen LogP contribution in [0, 0.1) is 5.41 Å². The zero-order valence-electron chi connectivity index (χ0n) is 13.2. The van der Waals surface area contributed by atoms with Crippen LogP contribution in [0.2, 0.25) is 0 Å². The Morgan fingerprint density at radius 2 is 2.14 bits per heavy atom. The Hall–Kier alpha value is -1.28. The van der Waals surface area contributed by atoms with Crippen molar-refractivity contribution < 1.29 is 14.4 Å². The maximum absolute atomic E-state index is 12.8. The quantitative estimate of drug-likeness (QED) is 0.631. The molecule has 0 aromatic rings. The van der Waals surface area contributed by atoms with Gasteiger partial charge in [0.25, 0.3) is 0 Å². The van der Waals surface area contributed by atoms with Crippen LogP contribution in [0.1, 0.15) is 26.7 Å². The highest BCUT2D eigenvalue weighted by molar-refractivity contribution is 7.99. The number of primary amides is 1. The fraction of sp³-hybridized carbons (Fsp3) is 0.786. The van der Waals surface area contributed by atoms with Crippen molar-refractivity contribution in [1.29, 1.82) is 0 Å². The zero-order valence-corrected chi connectivity index (χ0v) is 14.0. The van der Waals surface area contributed by atoms with E-state index in [1.165, 1.54) is 0 Å². The summed E-state index contributed by atoms with van der Waals surface area (Å²) in [5, 5.41) is 5.46. The molecule has 2 fully saturated rings. The van der Waals surface area contributed by atoms with Crippen LogP contribution in [0.15, 0.2) is 0 Å². The molecule has 3 atom stereocenters. The SMILES string of the molecule is CNCC(=O)NC1CCSC2CC(C)(C)C(C(N)=O)N2C1=O. The van der Waals surface area contributed by atoms with E-state index in [-0.39, 0.29) is 29.1 Å². The molecule has 2 aliphatic rings. The Balaban J connectivity index is 2.22. The first-order valence-corrected chi connectivity index (χ1v) is 8.50. The van der Waals surface area contributed by atoms with Gasteiger partial charge in [-0.2, -0.15) is 0 Å². The highest BCUT2D eigenvalue weighted by Gasteiger charge is 2.53. The van der Waals surface area contributed by atoms with Crippen LogP contribution < -0.4 is 16.4 Å². The molecule has 3 amide bonds. The zero-order chi connectivity index (χ0) is 16.5. The van der Waals surface area contributed by atoms with Gasteiger partial charge in [0.05, 0.1) is 11.9 Å². The fourth-order valence-electron chi connectivity index (χ4n) is 3.30. The van der Waals surface area contributed by atoms with Gasteiger partial charge >= 0.3 is 0 Å². The van der Waals surface area contributed by atoms with E-state index in [1.54, 1.807) is 23.7 Å². The van der Waals surface area contributed by atoms with E-state index in [1.807, 2.05) is 13.8 Å². The van der Waals surface area contributed by atoms with Crippen LogP contribution in [0.5, 0.6) is 0 Å². The first-order chi connectivity index (χ1) is 10.3. The van der Waals surface area contributed by atoms with Crippen molar-refractivity contribution in [3.63, 3.8) is 0 Å². The third-order valence-corrected chi connectivity index (χ3v) is 5.49. The van der Waals surface area contributed by atoms with E-state index >= 15 is 0 Å². The van der Waals surface area contributed by atoms with Crippen LogP contribution in [0.3, 0.4) is 0 Å². The van der Waals surface area contributed by atoms with Gasteiger partial charge in [-0.15, -0.1) is 11.8 Å². The van der Waals surface area contributed by atoms with Crippen molar-refractivity contribution in [2.75, 3.05) is 19.3 Å². The lowest BCUT2D eigenvalue weighted by Gasteiger charge is -2.32. The highest BCUT2D eigenvalue weighted by atomic mass is 32.2. The summed E-state index contributed by atoms with van der Waals surface area (Å²) in [6.45, 7) is 4.07. The molecule has 2 aliphatic heterocycles. The summed E-state index contributed by atoms with van der Waals surface area (Å²) in [7, 11) is 1.67. The number of carbonyl (C=O) groups excluding carboxylic acids is 3. The average molecular weight is 328 g/mol. The first kappa shape index (κ1) is 17.1. The van der Waals surface area contributed by atoms with Crippen molar-refractivity contribution in [2.45, 2.75) is 44.1 Å². The second-order valence-corrected chi connectivity index (χ2v) is 7.79. The number of thioether (sulfide) groups is 1. The Morgan fingerprint density at radius 3 is 2.73 bits per heavy atom. The molecule has 8 heteroatoms. The topological polar surface area (TPSA) is 105 Å². The Labute approximate surface area is 134 Å². The van der Waals surface area contributed by atoms with Gasteiger partial charge in [-0.05, 0) is 31.1 Å². The van der Waals surface area contributed by atoms with Crippen molar-refractivity contribution in [2.24, 2.45) is 11.1 Å². The Kier molecular flexibility index (Phi) is 5.01. The van der Waals surface area contributed by atoms with Crippen molar-refractivity contribution in [1.82, 2.24) is 15.5 Å². The van der Waals surface area contributed by atoms with Gasteiger partial charge in [-0.25, -0.2) is 0 Å². The molecule has 0 saturated carbocycles. The standard InChI is InChI=1S/C14H24N4O3S/c1-14(2)6-10-18(11(14)12(15)20)13(21)8(4-5-22-10)17-9(19)7-16-3/h8,10-11,16H,4-7H2,1-3H3,(H2,15,20)(H,17,19). The number of rotatable bonds is 4. The number of hydrogen-bond acceptors (Lipinski definition) is 5. The van der Waals surface area contributed by atoms with Crippen LogP contribution in [-0.2, 0) is 14.4 Å². The van der Waals surface area contributed by atoms with Gasteiger partial charge in [-0.3, -0.25) is 14.4 Å². The summed E-state index contributed by atoms with van der Waals surface area (Å²) in [5.74, 6) is -0.144. The summed E-state index contributed by atoms with van der Waals surface area (Å²) in [4.78, 5) is 38.1. The molecule has 0 bridgehead atoms. The third-order valence-electron chi connectivity index (χ3n) is 4.24. The lowest BCUT2D eigenvalue weighted by atomic mass is 9.84. The Bertz CT molecular complexity index is 483. The van der Waals surface area contributed by atoms with E-state index in [0.29, 0.717) is 6.42 Å². The summed E-state index contributed by atoms with van der Waals surface area (Å²) in [6, 6.07) is -1.21. The van der Waals surface area contributed by atoms with E-state index < -0.39 is 18.0 Å². The molecule has 0 aliphatic carbocycles. The minimum atomic E-state index is -0.626. The average Bonchev–Trinajstić information content (AvgIpc) is 2.60. The second kappa shape index (κ2) is 6.45. The number of nitrogens with one attached hydrogen (secondary N) is 2. The van der Waals surface area contributed by atoms with E-state index in [4.69, 9.17) is 5.73 Å². The normalized spacial score (nSPS) is 30.6. The van der Waals surface area contributed by atoms with Gasteiger partial charge in [-0.1, -0.05) is 13.8 Å². The van der Waals surface area contributed by atoms with Gasteiger partial charge in [0.15, 0.2) is 0 Å². The van der Waals surface area contributed by atoms with Crippen molar-refractivity contribution in [3.05, 3.63) is 0 Å². The molecular weight excluding hydrogens is 304 g/mol. The summed E-state index contributed by atoms with van der Waals surface area (Å²) in [6.07, 6.45) is 1.30. The number of fused-ring (bicyclic) bond motifs is 1. The molecule has 124 valence electrons. The number of carbonyl (C=O) groups is 3. The molecule has 3 unspecified atom stereocenters. The molecule has 2 rings (SSSR count). The molecule has 0 aromatic carbocycles. The van der Waals surface area contributed by atoms with Crippen molar-refractivity contribution in [3.8, 4) is 0 Å². The largest absolute Gasteiger partial charge is 0.368 e. The molecule has 7 nitrogen and oxygen atoms in total. The van der Waals surface area contributed by atoms with E-state index in [9.17, 15) is 14.4 Å². The van der Waals surface area contributed by atoms with Gasteiger partial charge in [0.2, 0.25) is 17.7 Å². The van der Waals surface area contributed by atoms with Crippen LogP contribution in [0.4, 0.5) is 0 Å². The van der Waals surface area contributed by atoms with Crippen LogP contribution in [0.25, 0.3) is 0 Å². The smallest absolute Gasteiger partial charge is 0.246 e. The number of nitrogens with zero attached hydrogens (tertiary/aromatic N) is 1. The van der Waals surface area contributed by atoms with Crippen LogP contribution >= 0.6 is 11.8 Å². The third kappa shape index (κ3) is 3.22.